The Kier molecular flexibility index (Phi) is 8.38. The lowest BCUT2D eigenvalue weighted by atomic mass is 9.88. The third-order valence-corrected chi connectivity index (χ3v) is 9.90. The SMILES string of the molecule is O=C(c1[nH]c2ccccc2c1CN1CCC(c2c(Cl)cccc2Cl)CC1)N1CCN(C(=O)C2CCCCC2)CC1. The fraction of sp³-hybridized carbons (Fsp3) is 0.500. The number of fused-ring (bicyclic) bond motifs is 1. The van der Waals surface area contributed by atoms with Gasteiger partial charge in [0.15, 0.2) is 0 Å². The topological polar surface area (TPSA) is 59.7 Å². The number of hydrogen-bond donors (Lipinski definition) is 1. The number of rotatable bonds is 5. The molecule has 1 N–H and O–H groups in total. The lowest BCUT2D eigenvalue weighted by Gasteiger charge is -2.37. The second kappa shape index (κ2) is 12.1. The number of H-pyrrole nitrogens is 1. The van der Waals surface area contributed by atoms with E-state index in [1.54, 1.807) is 0 Å². The Morgan fingerprint density at radius 1 is 0.775 bits per heavy atom. The van der Waals surface area contributed by atoms with Gasteiger partial charge >= 0.3 is 0 Å². The summed E-state index contributed by atoms with van der Waals surface area (Å²) in [5.41, 5.74) is 3.80. The number of piperidine rings is 1. The number of carbonyl (C=O) groups is 2. The molecule has 3 heterocycles. The zero-order valence-corrected chi connectivity index (χ0v) is 24.5. The second-order valence-corrected chi connectivity index (χ2v) is 12.5. The first-order valence-corrected chi connectivity index (χ1v) is 15.6. The molecule has 1 aliphatic carbocycles. The van der Waals surface area contributed by atoms with Gasteiger partial charge in [0.05, 0.1) is 0 Å². The minimum atomic E-state index is 0.0358. The molecule has 1 saturated carbocycles. The van der Waals surface area contributed by atoms with Crippen LogP contribution in [0.25, 0.3) is 10.9 Å². The average Bonchev–Trinajstić information content (AvgIpc) is 3.36. The van der Waals surface area contributed by atoms with Gasteiger partial charge in [0, 0.05) is 65.2 Å². The first-order chi connectivity index (χ1) is 19.5. The largest absolute Gasteiger partial charge is 0.350 e. The number of para-hydroxylation sites is 1. The maximum Gasteiger partial charge on any atom is 0.270 e. The minimum absolute atomic E-state index is 0.0358. The van der Waals surface area contributed by atoms with Crippen LogP contribution in [0.4, 0.5) is 0 Å². The Balaban J connectivity index is 1.14. The molecule has 3 fully saturated rings. The van der Waals surface area contributed by atoms with Crippen LogP contribution in [-0.4, -0.2) is 70.8 Å². The summed E-state index contributed by atoms with van der Waals surface area (Å²) in [4.78, 5) is 36.7. The van der Waals surface area contributed by atoms with Gasteiger partial charge in [0.25, 0.3) is 5.91 Å². The summed E-state index contributed by atoms with van der Waals surface area (Å²) in [5, 5.41) is 2.60. The summed E-state index contributed by atoms with van der Waals surface area (Å²) >= 11 is 13.0. The maximum atomic E-state index is 13.9. The number of aromatic amines is 1. The van der Waals surface area contributed by atoms with Gasteiger partial charge in [-0.2, -0.15) is 0 Å². The Morgan fingerprint density at radius 2 is 1.43 bits per heavy atom. The van der Waals surface area contributed by atoms with Crippen LogP contribution in [0.1, 0.15) is 72.5 Å². The summed E-state index contributed by atoms with van der Waals surface area (Å²) in [7, 11) is 0. The minimum Gasteiger partial charge on any atom is -0.350 e. The van der Waals surface area contributed by atoms with Crippen LogP contribution in [0.2, 0.25) is 10.0 Å². The molecular weight excluding hydrogens is 543 g/mol. The number of likely N-dealkylation sites (tertiary alicyclic amines) is 1. The van der Waals surface area contributed by atoms with E-state index in [9.17, 15) is 9.59 Å². The number of carbonyl (C=O) groups excluding carboxylic acids is 2. The molecule has 6 rings (SSSR count). The van der Waals surface area contributed by atoms with Crippen molar-refractivity contribution in [3.63, 3.8) is 0 Å². The highest BCUT2D eigenvalue weighted by atomic mass is 35.5. The Hall–Kier alpha value is -2.54. The zero-order chi connectivity index (χ0) is 27.6. The summed E-state index contributed by atoms with van der Waals surface area (Å²) in [6.45, 7) is 4.95. The number of nitrogens with one attached hydrogen (secondary N) is 1. The van der Waals surface area contributed by atoms with E-state index < -0.39 is 0 Å². The Labute approximate surface area is 246 Å². The molecule has 8 heteroatoms. The standard InChI is InChI=1S/C32H38Cl2N4O2/c33-26-10-6-11-27(34)29(26)22-13-15-36(16-14-22)21-25-24-9-4-5-12-28(24)35-30(25)32(40)38-19-17-37(18-20-38)31(39)23-7-2-1-3-8-23/h4-6,9-12,22-23,35H,1-3,7-8,13-21H2. The molecule has 0 bridgehead atoms. The van der Waals surface area contributed by atoms with E-state index in [0.717, 1.165) is 83.7 Å². The first kappa shape index (κ1) is 27.6. The smallest absolute Gasteiger partial charge is 0.270 e. The molecule has 0 atom stereocenters. The molecule has 3 aromatic rings. The van der Waals surface area contributed by atoms with Crippen molar-refractivity contribution in [3.8, 4) is 0 Å². The van der Waals surface area contributed by atoms with Crippen LogP contribution < -0.4 is 0 Å². The van der Waals surface area contributed by atoms with Crippen LogP contribution in [0.15, 0.2) is 42.5 Å². The third kappa shape index (κ3) is 5.63. The van der Waals surface area contributed by atoms with Crippen LogP contribution in [0, 0.1) is 5.92 Å². The van der Waals surface area contributed by atoms with Crippen molar-refractivity contribution in [2.75, 3.05) is 39.3 Å². The van der Waals surface area contributed by atoms with Crippen molar-refractivity contribution in [1.29, 1.82) is 0 Å². The molecule has 40 heavy (non-hydrogen) atoms. The monoisotopic (exact) mass is 580 g/mol. The molecule has 0 unspecified atom stereocenters. The van der Waals surface area contributed by atoms with Crippen LogP contribution in [0.3, 0.4) is 0 Å². The van der Waals surface area contributed by atoms with Gasteiger partial charge in [0.1, 0.15) is 5.69 Å². The number of nitrogens with zero attached hydrogens (tertiary/aromatic N) is 3. The summed E-state index contributed by atoms with van der Waals surface area (Å²) < 4.78 is 0. The molecule has 0 spiro atoms. The van der Waals surface area contributed by atoms with E-state index in [4.69, 9.17) is 23.2 Å². The van der Waals surface area contributed by atoms with Crippen LogP contribution in [-0.2, 0) is 11.3 Å². The summed E-state index contributed by atoms with van der Waals surface area (Å²) in [6.07, 6.45) is 7.54. The third-order valence-electron chi connectivity index (χ3n) is 9.24. The molecule has 212 valence electrons. The summed E-state index contributed by atoms with van der Waals surface area (Å²) in [6, 6.07) is 13.9. The van der Waals surface area contributed by atoms with Crippen molar-refractivity contribution >= 4 is 45.9 Å². The van der Waals surface area contributed by atoms with Gasteiger partial charge in [0.2, 0.25) is 5.91 Å². The number of amides is 2. The van der Waals surface area contributed by atoms with Gasteiger partial charge in [-0.3, -0.25) is 14.5 Å². The van der Waals surface area contributed by atoms with E-state index in [1.807, 2.05) is 46.2 Å². The number of benzene rings is 2. The second-order valence-electron chi connectivity index (χ2n) is 11.7. The maximum absolute atomic E-state index is 13.9. The van der Waals surface area contributed by atoms with Crippen LogP contribution in [0.5, 0.6) is 0 Å². The molecule has 3 aliphatic rings. The lowest BCUT2D eigenvalue weighted by molar-refractivity contribution is -0.138. The molecule has 2 aliphatic heterocycles. The number of hydrogen-bond acceptors (Lipinski definition) is 3. The van der Waals surface area contributed by atoms with Crippen molar-refractivity contribution in [2.24, 2.45) is 5.92 Å². The van der Waals surface area contributed by atoms with Crippen molar-refractivity contribution < 1.29 is 9.59 Å². The number of aromatic nitrogens is 1. The molecule has 6 nitrogen and oxygen atoms in total. The van der Waals surface area contributed by atoms with E-state index in [0.29, 0.717) is 50.2 Å². The predicted molar refractivity (Wildman–Crippen MR) is 161 cm³/mol. The van der Waals surface area contributed by atoms with E-state index in [2.05, 4.69) is 16.0 Å². The van der Waals surface area contributed by atoms with Crippen LogP contribution >= 0.6 is 23.2 Å². The lowest BCUT2D eigenvalue weighted by Crippen LogP contribution is -2.52. The number of piperazine rings is 1. The highest BCUT2D eigenvalue weighted by Gasteiger charge is 2.32. The molecule has 2 saturated heterocycles. The highest BCUT2D eigenvalue weighted by molar-refractivity contribution is 6.36. The fourth-order valence-electron chi connectivity index (χ4n) is 6.95. The fourth-order valence-corrected chi connectivity index (χ4v) is 7.65. The van der Waals surface area contributed by atoms with Gasteiger partial charge < -0.3 is 14.8 Å². The Morgan fingerprint density at radius 3 is 2.12 bits per heavy atom. The van der Waals surface area contributed by atoms with Gasteiger partial charge in [-0.15, -0.1) is 0 Å². The number of halogens is 2. The highest BCUT2D eigenvalue weighted by Crippen LogP contribution is 2.38. The zero-order valence-electron chi connectivity index (χ0n) is 23.0. The molecular formula is C32H38Cl2N4O2. The molecule has 1 aromatic heterocycles. The molecule has 2 aromatic carbocycles. The molecule has 2 amide bonds. The quantitative estimate of drug-likeness (QED) is 0.364. The van der Waals surface area contributed by atoms with Gasteiger partial charge in [-0.1, -0.05) is 66.7 Å². The average molecular weight is 582 g/mol. The predicted octanol–water partition coefficient (Wildman–Crippen LogP) is 6.72. The first-order valence-electron chi connectivity index (χ1n) is 14.8. The summed E-state index contributed by atoms with van der Waals surface area (Å²) in [5.74, 6) is 0.844. The Bertz CT molecular complexity index is 1350. The van der Waals surface area contributed by atoms with Crippen molar-refractivity contribution in [2.45, 2.75) is 57.4 Å². The van der Waals surface area contributed by atoms with Gasteiger partial charge in [-0.25, -0.2) is 0 Å². The normalized spacial score (nSPS) is 19.9. The van der Waals surface area contributed by atoms with E-state index >= 15 is 0 Å². The van der Waals surface area contributed by atoms with Gasteiger partial charge in [-0.05, 0) is 68.5 Å². The van der Waals surface area contributed by atoms with Crippen molar-refractivity contribution in [3.05, 3.63) is 69.3 Å². The molecule has 0 radical (unpaired) electrons. The van der Waals surface area contributed by atoms with E-state index in [1.165, 1.54) is 6.42 Å². The van der Waals surface area contributed by atoms with E-state index in [-0.39, 0.29) is 11.8 Å². The van der Waals surface area contributed by atoms with Crippen molar-refractivity contribution in [1.82, 2.24) is 19.7 Å².